The Balaban J connectivity index is 1.70. The maximum atomic E-state index is 13.5. The maximum Gasteiger partial charge on any atom is 0.128 e. The van der Waals surface area contributed by atoms with Crippen LogP contribution in [0.2, 0.25) is 0 Å². The molecular weight excluding hydrogens is 283 g/mol. The van der Waals surface area contributed by atoms with E-state index < -0.39 is 0 Å². The quantitative estimate of drug-likeness (QED) is 0.813. The lowest BCUT2D eigenvalue weighted by Crippen LogP contribution is -2.30. The van der Waals surface area contributed by atoms with Crippen LogP contribution in [0.3, 0.4) is 0 Å². The largest absolute Gasteiger partial charge is 0.311 e. The zero-order valence-electron chi connectivity index (χ0n) is 10.0. The van der Waals surface area contributed by atoms with Crippen molar-refractivity contribution in [3.05, 3.63) is 34.1 Å². The summed E-state index contributed by atoms with van der Waals surface area (Å²) < 4.78 is 14.3. The SMILES string of the molecule is CN(CCNCc1ccc(Br)cc1F)C1CC1. The van der Waals surface area contributed by atoms with E-state index >= 15 is 0 Å². The Morgan fingerprint density at radius 1 is 1.47 bits per heavy atom. The van der Waals surface area contributed by atoms with Gasteiger partial charge in [0, 0.05) is 35.7 Å². The maximum absolute atomic E-state index is 13.5. The van der Waals surface area contributed by atoms with Gasteiger partial charge in [-0.3, -0.25) is 0 Å². The molecule has 1 N–H and O–H groups in total. The minimum Gasteiger partial charge on any atom is -0.311 e. The van der Waals surface area contributed by atoms with E-state index in [2.05, 4.69) is 33.2 Å². The zero-order valence-corrected chi connectivity index (χ0v) is 11.6. The lowest BCUT2D eigenvalue weighted by Gasteiger charge is -2.15. The monoisotopic (exact) mass is 300 g/mol. The first-order valence-corrected chi connectivity index (χ1v) is 6.81. The first kappa shape index (κ1) is 13.0. The van der Waals surface area contributed by atoms with Crippen LogP contribution in [0, 0.1) is 5.82 Å². The summed E-state index contributed by atoms with van der Waals surface area (Å²) in [6, 6.07) is 5.99. The fraction of sp³-hybridized carbons (Fsp3) is 0.538. The van der Waals surface area contributed by atoms with Crippen LogP contribution in [0.25, 0.3) is 0 Å². The molecule has 0 aliphatic heterocycles. The molecule has 4 heteroatoms. The Morgan fingerprint density at radius 2 is 2.24 bits per heavy atom. The molecule has 94 valence electrons. The summed E-state index contributed by atoms with van der Waals surface area (Å²) in [6.45, 7) is 2.53. The molecule has 0 atom stereocenters. The van der Waals surface area contributed by atoms with E-state index in [1.165, 1.54) is 18.9 Å². The minimum absolute atomic E-state index is 0.151. The van der Waals surface area contributed by atoms with Crippen molar-refractivity contribution in [2.45, 2.75) is 25.4 Å². The fourth-order valence-corrected chi connectivity index (χ4v) is 2.17. The van der Waals surface area contributed by atoms with Crippen molar-refractivity contribution in [1.29, 1.82) is 0 Å². The van der Waals surface area contributed by atoms with Gasteiger partial charge in [-0.05, 0) is 32.0 Å². The highest BCUT2D eigenvalue weighted by Gasteiger charge is 2.25. The third-order valence-corrected chi connectivity index (χ3v) is 3.64. The van der Waals surface area contributed by atoms with Gasteiger partial charge in [-0.2, -0.15) is 0 Å². The Kier molecular flexibility index (Phi) is 4.54. The molecule has 2 nitrogen and oxygen atoms in total. The highest BCUT2D eigenvalue weighted by atomic mass is 79.9. The lowest BCUT2D eigenvalue weighted by atomic mass is 10.2. The van der Waals surface area contributed by atoms with E-state index in [9.17, 15) is 4.39 Å². The van der Waals surface area contributed by atoms with Crippen LogP contribution in [-0.4, -0.2) is 31.1 Å². The Labute approximate surface area is 110 Å². The van der Waals surface area contributed by atoms with E-state index in [0.29, 0.717) is 6.54 Å². The molecule has 1 aromatic carbocycles. The summed E-state index contributed by atoms with van der Waals surface area (Å²) in [5.74, 6) is -0.151. The molecular formula is C13H18BrFN2. The van der Waals surface area contributed by atoms with Gasteiger partial charge in [-0.15, -0.1) is 0 Å². The van der Waals surface area contributed by atoms with Gasteiger partial charge < -0.3 is 10.2 Å². The first-order chi connectivity index (χ1) is 8.16. The van der Waals surface area contributed by atoms with Gasteiger partial charge in [0.05, 0.1) is 0 Å². The van der Waals surface area contributed by atoms with Crippen LogP contribution in [0.15, 0.2) is 22.7 Å². The summed E-state index contributed by atoms with van der Waals surface area (Å²) >= 11 is 3.25. The standard InChI is InChI=1S/C13H18BrFN2/c1-17(12-4-5-12)7-6-16-9-10-2-3-11(14)8-13(10)15/h2-3,8,12,16H,4-7,9H2,1H3. The number of halogens is 2. The molecule has 1 fully saturated rings. The van der Waals surface area contributed by atoms with Gasteiger partial charge in [-0.25, -0.2) is 4.39 Å². The summed E-state index contributed by atoms with van der Waals surface area (Å²) in [7, 11) is 2.15. The molecule has 17 heavy (non-hydrogen) atoms. The molecule has 1 aromatic rings. The van der Waals surface area contributed by atoms with Crippen molar-refractivity contribution in [2.24, 2.45) is 0 Å². The second-order valence-electron chi connectivity index (χ2n) is 4.62. The molecule has 1 aliphatic carbocycles. The summed E-state index contributed by atoms with van der Waals surface area (Å²) in [5.41, 5.74) is 0.724. The summed E-state index contributed by atoms with van der Waals surface area (Å²) in [4.78, 5) is 2.37. The number of likely N-dealkylation sites (N-methyl/N-ethyl adjacent to an activating group) is 1. The lowest BCUT2D eigenvalue weighted by molar-refractivity contribution is 0.321. The molecule has 0 radical (unpaired) electrons. The second kappa shape index (κ2) is 5.94. The zero-order chi connectivity index (χ0) is 12.3. The smallest absolute Gasteiger partial charge is 0.128 e. The average molecular weight is 301 g/mol. The van der Waals surface area contributed by atoms with Crippen LogP contribution >= 0.6 is 15.9 Å². The molecule has 1 aliphatic rings. The van der Waals surface area contributed by atoms with Crippen molar-refractivity contribution in [3.63, 3.8) is 0 Å². The minimum atomic E-state index is -0.151. The normalized spacial score (nSPS) is 15.5. The van der Waals surface area contributed by atoms with Gasteiger partial charge in [0.2, 0.25) is 0 Å². The molecule has 0 heterocycles. The fourth-order valence-electron chi connectivity index (χ4n) is 1.84. The number of rotatable bonds is 6. The topological polar surface area (TPSA) is 15.3 Å². The second-order valence-corrected chi connectivity index (χ2v) is 5.54. The van der Waals surface area contributed by atoms with E-state index in [4.69, 9.17) is 0 Å². The van der Waals surface area contributed by atoms with Crippen LogP contribution in [-0.2, 0) is 6.54 Å². The van der Waals surface area contributed by atoms with Crippen molar-refractivity contribution in [2.75, 3.05) is 20.1 Å². The van der Waals surface area contributed by atoms with E-state index in [-0.39, 0.29) is 5.82 Å². The molecule has 0 aromatic heterocycles. The van der Waals surface area contributed by atoms with E-state index in [1.807, 2.05) is 12.1 Å². The predicted octanol–water partition coefficient (Wildman–Crippen LogP) is 2.77. The molecule has 2 rings (SSSR count). The highest BCUT2D eigenvalue weighted by Crippen LogP contribution is 2.24. The Bertz CT molecular complexity index is 380. The molecule has 0 amide bonds. The van der Waals surface area contributed by atoms with Crippen molar-refractivity contribution < 1.29 is 4.39 Å². The van der Waals surface area contributed by atoms with Gasteiger partial charge >= 0.3 is 0 Å². The number of hydrogen-bond donors (Lipinski definition) is 1. The number of benzene rings is 1. The van der Waals surface area contributed by atoms with Crippen molar-refractivity contribution in [3.8, 4) is 0 Å². The molecule has 0 saturated heterocycles. The number of hydrogen-bond acceptors (Lipinski definition) is 2. The Hall–Kier alpha value is -0.450. The molecule has 0 unspecified atom stereocenters. The predicted molar refractivity (Wildman–Crippen MR) is 71.5 cm³/mol. The third kappa shape index (κ3) is 4.05. The van der Waals surface area contributed by atoms with Crippen LogP contribution < -0.4 is 5.32 Å². The molecule has 1 saturated carbocycles. The van der Waals surface area contributed by atoms with E-state index in [1.54, 1.807) is 0 Å². The number of nitrogens with one attached hydrogen (secondary N) is 1. The van der Waals surface area contributed by atoms with Gasteiger partial charge in [-0.1, -0.05) is 22.0 Å². The number of nitrogens with zero attached hydrogens (tertiary/aromatic N) is 1. The van der Waals surface area contributed by atoms with E-state index in [0.717, 1.165) is 29.2 Å². The van der Waals surface area contributed by atoms with Crippen molar-refractivity contribution in [1.82, 2.24) is 10.2 Å². The van der Waals surface area contributed by atoms with Crippen LogP contribution in [0.1, 0.15) is 18.4 Å². The molecule has 0 bridgehead atoms. The Morgan fingerprint density at radius 3 is 2.88 bits per heavy atom. The third-order valence-electron chi connectivity index (χ3n) is 3.14. The summed E-state index contributed by atoms with van der Waals surface area (Å²) in [5, 5.41) is 3.28. The first-order valence-electron chi connectivity index (χ1n) is 6.01. The highest BCUT2D eigenvalue weighted by molar-refractivity contribution is 9.10. The average Bonchev–Trinajstić information content (AvgIpc) is 3.10. The van der Waals surface area contributed by atoms with Crippen LogP contribution in [0.5, 0.6) is 0 Å². The van der Waals surface area contributed by atoms with Gasteiger partial charge in [0.25, 0.3) is 0 Å². The summed E-state index contributed by atoms with van der Waals surface area (Å²) in [6.07, 6.45) is 2.66. The van der Waals surface area contributed by atoms with Crippen molar-refractivity contribution >= 4 is 15.9 Å². The van der Waals surface area contributed by atoms with Gasteiger partial charge in [0.1, 0.15) is 5.82 Å². The van der Waals surface area contributed by atoms with Crippen LogP contribution in [0.4, 0.5) is 4.39 Å². The van der Waals surface area contributed by atoms with Gasteiger partial charge in [0.15, 0.2) is 0 Å². The molecule has 0 spiro atoms.